The summed E-state index contributed by atoms with van der Waals surface area (Å²) in [5.74, 6) is 1.11. The minimum absolute atomic E-state index is 0.0277. The first-order valence-corrected chi connectivity index (χ1v) is 9.40. The topological polar surface area (TPSA) is 74.7 Å². The molecule has 1 aromatic heterocycles. The molecule has 0 unspecified atom stereocenters. The molecule has 1 saturated heterocycles. The van der Waals surface area contributed by atoms with E-state index < -0.39 is 0 Å². The van der Waals surface area contributed by atoms with Crippen LogP contribution in [0.3, 0.4) is 0 Å². The lowest BCUT2D eigenvalue weighted by Gasteiger charge is -2.25. The monoisotopic (exact) mass is 359 g/mol. The number of amides is 1. The van der Waals surface area contributed by atoms with E-state index in [-0.39, 0.29) is 17.6 Å². The van der Waals surface area contributed by atoms with Crippen molar-refractivity contribution in [2.45, 2.75) is 31.6 Å². The molecule has 1 amide bonds. The van der Waals surface area contributed by atoms with E-state index in [4.69, 9.17) is 9.72 Å². The number of carbonyl (C=O) groups excluding carboxylic acids is 1. The molecular formula is C18H21N3O3S. The molecule has 0 bridgehead atoms. The molecule has 6 nitrogen and oxygen atoms in total. The van der Waals surface area contributed by atoms with Crippen molar-refractivity contribution < 1.29 is 14.6 Å². The molecular weight excluding hydrogens is 338 g/mol. The van der Waals surface area contributed by atoms with Crippen LogP contribution in [0.4, 0.5) is 10.9 Å². The van der Waals surface area contributed by atoms with Gasteiger partial charge in [0.1, 0.15) is 5.82 Å². The minimum atomic E-state index is -0.0608. The van der Waals surface area contributed by atoms with Gasteiger partial charge in [-0.05, 0) is 37.0 Å². The van der Waals surface area contributed by atoms with Crippen LogP contribution in [0.2, 0.25) is 0 Å². The molecule has 4 rings (SSSR count). The van der Waals surface area contributed by atoms with Crippen molar-refractivity contribution in [2.75, 3.05) is 30.4 Å². The molecule has 0 saturated carbocycles. The van der Waals surface area contributed by atoms with Gasteiger partial charge in [-0.3, -0.25) is 4.79 Å². The molecule has 7 heteroatoms. The first-order valence-electron chi connectivity index (χ1n) is 8.58. The lowest BCUT2D eigenvalue weighted by molar-refractivity contribution is -0.116. The highest BCUT2D eigenvalue weighted by atomic mass is 32.1. The number of thiazole rings is 1. The van der Waals surface area contributed by atoms with Crippen LogP contribution >= 0.6 is 11.3 Å². The van der Waals surface area contributed by atoms with Crippen molar-refractivity contribution in [3.05, 3.63) is 28.6 Å². The first kappa shape index (κ1) is 16.2. The molecule has 0 spiro atoms. The number of aromatic hydroxyl groups is 1. The second-order valence-corrected chi connectivity index (χ2v) is 7.50. The summed E-state index contributed by atoms with van der Waals surface area (Å²) < 4.78 is 5.22. The van der Waals surface area contributed by atoms with Crippen LogP contribution in [0.5, 0.6) is 11.5 Å². The Morgan fingerprint density at radius 3 is 2.88 bits per heavy atom. The number of carbonyl (C=O) groups is 1. The minimum Gasteiger partial charge on any atom is -0.504 e. The molecule has 0 radical (unpaired) electrons. The number of anilines is 2. The maximum absolute atomic E-state index is 12.2. The van der Waals surface area contributed by atoms with Gasteiger partial charge in [-0.1, -0.05) is 17.4 Å². The Morgan fingerprint density at radius 2 is 2.12 bits per heavy atom. The summed E-state index contributed by atoms with van der Waals surface area (Å²) in [5, 5.41) is 13.7. The maximum atomic E-state index is 12.2. The molecule has 25 heavy (non-hydrogen) atoms. The zero-order chi connectivity index (χ0) is 17.4. The number of nitrogens with zero attached hydrogens (tertiary/aromatic N) is 2. The van der Waals surface area contributed by atoms with Crippen LogP contribution < -0.4 is 15.0 Å². The Balaban J connectivity index is 1.71. The van der Waals surface area contributed by atoms with E-state index in [1.165, 1.54) is 26.4 Å². The number of ether oxygens (including phenoxy) is 1. The fraction of sp³-hybridized carbons (Fsp3) is 0.444. The quantitative estimate of drug-likeness (QED) is 0.879. The summed E-state index contributed by atoms with van der Waals surface area (Å²) in [7, 11) is 1.53. The van der Waals surface area contributed by atoms with Crippen LogP contribution in [0, 0.1) is 0 Å². The average molecular weight is 359 g/mol. The maximum Gasteiger partial charge on any atom is 0.226 e. The molecule has 1 fully saturated rings. The highest BCUT2D eigenvalue weighted by Crippen LogP contribution is 2.44. The number of benzene rings is 1. The zero-order valence-electron chi connectivity index (χ0n) is 14.1. The predicted molar refractivity (Wildman–Crippen MR) is 97.9 cm³/mol. The second-order valence-electron chi connectivity index (χ2n) is 6.49. The van der Waals surface area contributed by atoms with E-state index in [0.29, 0.717) is 18.0 Å². The number of nitrogens with one attached hydrogen (secondary N) is 1. The van der Waals surface area contributed by atoms with E-state index in [2.05, 4.69) is 10.2 Å². The Bertz CT molecular complexity index is 799. The van der Waals surface area contributed by atoms with Gasteiger partial charge in [0.25, 0.3) is 0 Å². The lowest BCUT2D eigenvalue weighted by Crippen LogP contribution is -2.29. The summed E-state index contributed by atoms with van der Waals surface area (Å²) in [6.07, 6.45) is 4.03. The number of methoxy groups -OCH3 is 1. The number of aromatic nitrogens is 1. The Labute approximate surface area is 150 Å². The van der Waals surface area contributed by atoms with Crippen LogP contribution in [-0.2, 0) is 4.79 Å². The van der Waals surface area contributed by atoms with Gasteiger partial charge in [0, 0.05) is 25.4 Å². The van der Waals surface area contributed by atoms with Gasteiger partial charge >= 0.3 is 0 Å². The van der Waals surface area contributed by atoms with Crippen LogP contribution in [-0.4, -0.2) is 36.2 Å². The normalized spacial score (nSPS) is 20.1. The summed E-state index contributed by atoms with van der Waals surface area (Å²) in [6.45, 7) is 2.05. The predicted octanol–water partition coefficient (Wildman–Crippen LogP) is 3.32. The molecule has 2 aromatic rings. The van der Waals surface area contributed by atoms with E-state index in [9.17, 15) is 9.90 Å². The second kappa shape index (κ2) is 6.55. The van der Waals surface area contributed by atoms with Crippen molar-refractivity contribution in [1.29, 1.82) is 0 Å². The van der Waals surface area contributed by atoms with Crippen LogP contribution in [0.15, 0.2) is 18.2 Å². The highest BCUT2D eigenvalue weighted by molar-refractivity contribution is 7.16. The van der Waals surface area contributed by atoms with Crippen molar-refractivity contribution in [2.24, 2.45) is 0 Å². The van der Waals surface area contributed by atoms with Crippen LogP contribution in [0.1, 0.15) is 42.0 Å². The Morgan fingerprint density at radius 1 is 1.32 bits per heavy atom. The zero-order valence-corrected chi connectivity index (χ0v) is 14.9. The van der Waals surface area contributed by atoms with E-state index in [1.54, 1.807) is 17.4 Å². The summed E-state index contributed by atoms with van der Waals surface area (Å²) in [5.41, 5.74) is 0.958. The Kier molecular flexibility index (Phi) is 4.25. The number of fused-ring (bicyclic) bond motifs is 1. The molecule has 1 aromatic carbocycles. The number of rotatable bonds is 3. The SMILES string of the molecule is COc1cc([C@H]2CC(=O)Nc3nc(N4CCCCC4)sc32)ccc1O. The van der Waals surface area contributed by atoms with E-state index >= 15 is 0 Å². The molecule has 3 heterocycles. The third-order valence-electron chi connectivity index (χ3n) is 4.84. The van der Waals surface area contributed by atoms with Crippen molar-refractivity contribution >= 4 is 28.2 Å². The molecule has 0 aliphatic carbocycles. The fourth-order valence-electron chi connectivity index (χ4n) is 3.51. The molecule has 132 valence electrons. The number of phenols is 1. The Hall–Kier alpha value is -2.28. The standard InChI is InChI=1S/C18H21N3O3S/c1-24-14-9-11(5-6-13(14)22)12-10-15(23)19-17-16(12)25-18(20-17)21-7-3-2-4-8-21/h5-6,9,12,22H,2-4,7-8,10H2,1H3,(H,19,23)/t12-/m1/s1. The smallest absolute Gasteiger partial charge is 0.226 e. The lowest BCUT2D eigenvalue weighted by atomic mass is 9.91. The van der Waals surface area contributed by atoms with Gasteiger partial charge in [-0.2, -0.15) is 0 Å². The number of piperidine rings is 1. The molecule has 1 atom stereocenters. The van der Waals surface area contributed by atoms with E-state index in [0.717, 1.165) is 28.7 Å². The van der Waals surface area contributed by atoms with Gasteiger partial charge < -0.3 is 20.1 Å². The van der Waals surface area contributed by atoms with Crippen LogP contribution in [0.25, 0.3) is 0 Å². The number of hydrogen-bond acceptors (Lipinski definition) is 6. The van der Waals surface area contributed by atoms with Gasteiger partial charge in [0.05, 0.1) is 12.0 Å². The van der Waals surface area contributed by atoms with Gasteiger partial charge in [-0.25, -0.2) is 4.98 Å². The van der Waals surface area contributed by atoms with Gasteiger partial charge in [-0.15, -0.1) is 0 Å². The third-order valence-corrected chi connectivity index (χ3v) is 6.07. The molecule has 2 N–H and O–H groups in total. The summed E-state index contributed by atoms with van der Waals surface area (Å²) in [4.78, 5) is 20.3. The third kappa shape index (κ3) is 3.04. The number of phenolic OH excluding ortho intramolecular Hbond substituents is 1. The fourth-order valence-corrected chi connectivity index (χ4v) is 4.71. The average Bonchev–Trinajstić information content (AvgIpc) is 3.06. The van der Waals surface area contributed by atoms with Gasteiger partial charge in [0.2, 0.25) is 5.91 Å². The summed E-state index contributed by atoms with van der Waals surface area (Å²) in [6, 6.07) is 5.28. The molecule has 2 aliphatic heterocycles. The highest BCUT2D eigenvalue weighted by Gasteiger charge is 2.32. The van der Waals surface area contributed by atoms with Crippen molar-refractivity contribution in [1.82, 2.24) is 4.98 Å². The van der Waals surface area contributed by atoms with Crippen molar-refractivity contribution in [3.8, 4) is 11.5 Å². The number of hydrogen-bond donors (Lipinski definition) is 2. The van der Waals surface area contributed by atoms with Crippen molar-refractivity contribution in [3.63, 3.8) is 0 Å². The first-order chi connectivity index (χ1) is 12.2. The summed E-state index contributed by atoms with van der Waals surface area (Å²) >= 11 is 1.66. The molecule has 2 aliphatic rings. The van der Waals surface area contributed by atoms with E-state index in [1.807, 2.05) is 12.1 Å². The van der Waals surface area contributed by atoms with Gasteiger partial charge in [0.15, 0.2) is 16.6 Å². The largest absolute Gasteiger partial charge is 0.504 e.